The molecule has 14 heavy (non-hydrogen) atoms. The normalized spacial score (nSPS) is 11.1. The Labute approximate surface area is 83.7 Å². The number of carbonyl (C=O) groups is 1. The molecule has 0 aliphatic carbocycles. The van der Waals surface area contributed by atoms with E-state index in [1.165, 1.54) is 7.11 Å². The van der Waals surface area contributed by atoms with Crippen molar-refractivity contribution in [3.63, 3.8) is 0 Å². The van der Waals surface area contributed by atoms with Crippen molar-refractivity contribution in [1.82, 2.24) is 4.98 Å². The molecule has 0 amide bonds. The Morgan fingerprint density at radius 3 is 2.86 bits per heavy atom. The summed E-state index contributed by atoms with van der Waals surface area (Å²) in [5.74, 6) is 0.693. The second-order valence-corrected chi connectivity index (χ2v) is 3.81. The standard InChI is InChI=1S/C10H16N2O2/c1-10(2,9(13)14-3)7-12-8-5-4-6-11-8/h4-6,11-12H,7H2,1-3H3. The second kappa shape index (κ2) is 4.17. The first-order chi connectivity index (χ1) is 6.56. The number of methoxy groups -OCH3 is 1. The number of nitrogens with one attached hydrogen (secondary N) is 2. The van der Waals surface area contributed by atoms with E-state index in [0.717, 1.165) is 5.82 Å². The molecule has 0 unspecified atom stereocenters. The van der Waals surface area contributed by atoms with Gasteiger partial charge in [-0.1, -0.05) is 0 Å². The van der Waals surface area contributed by atoms with Gasteiger partial charge in [0.1, 0.15) is 5.82 Å². The van der Waals surface area contributed by atoms with Gasteiger partial charge in [-0.2, -0.15) is 0 Å². The highest BCUT2D eigenvalue weighted by Gasteiger charge is 2.28. The van der Waals surface area contributed by atoms with Crippen LogP contribution in [0.5, 0.6) is 0 Å². The van der Waals surface area contributed by atoms with E-state index in [9.17, 15) is 4.79 Å². The zero-order valence-electron chi connectivity index (χ0n) is 8.76. The fourth-order valence-electron chi connectivity index (χ4n) is 1.10. The van der Waals surface area contributed by atoms with Gasteiger partial charge in [0.05, 0.1) is 12.5 Å². The van der Waals surface area contributed by atoms with Crippen molar-refractivity contribution in [2.45, 2.75) is 13.8 Å². The Bertz CT molecular complexity index is 291. The van der Waals surface area contributed by atoms with E-state index < -0.39 is 5.41 Å². The summed E-state index contributed by atoms with van der Waals surface area (Å²) in [7, 11) is 1.40. The molecule has 1 aromatic heterocycles. The van der Waals surface area contributed by atoms with Gasteiger partial charge in [-0.15, -0.1) is 0 Å². The summed E-state index contributed by atoms with van der Waals surface area (Å²) in [5.41, 5.74) is -0.514. The van der Waals surface area contributed by atoms with Gasteiger partial charge in [-0.05, 0) is 26.0 Å². The molecule has 0 saturated heterocycles. The van der Waals surface area contributed by atoms with Crippen LogP contribution in [0.25, 0.3) is 0 Å². The summed E-state index contributed by atoms with van der Waals surface area (Å²) in [6.45, 7) is 4.23. The SMILES string of the molecule is COC(=O)C(C)(C)CNc1ccc[nH]1. The van der Waals surface area contributed by atoms with Crippen LogP contribution in [0.3, 0.4) is 0 Å². The molecule has 0 spiro atoms. The summed E-state index contributed by atoms with van der Waals surface area (Å²) < 4.78 is 4.70. The molecule has 0 aromatic carbocycles. The number of H-pyrrole nitrogens is 1. The third kappa shape index (κ3) is 2.52. The molecule has 1 aromatic rings. The van der Waals surface area contributed by atoms with Crippen LogP contribution in [0.1, 0.15) is 13.8 Å². The van der Waals surface area contributed by atoms with Crippen LogP contribution in [-0.2, 0) is 9.53 Å². The van der Waals surface area contributed by atoms with Gasteiger partial charge >= 0.3 is 5.97 Å². The lowest BCUT2D eigenvalue weighted by Gasteiger charge is -2.21. The Kier molecular flexibility index (Phi) is 3.17. The molecule has 0 bridgehead atoms. The van der Waals surface area contributed by atoms with E-state index in [2.05, 4.69) is 10.3 Å². The molecule has 0 aliphatic rings. The van der Waals surface area contributed by atoms with Gasteiger partial charge in [0.2, 0.25) is 0 Å². The highest BCUT2D eigenvalue weighted by Crippen LogP contribution is 2.17. The first-order valence-electron chi connectivity index (χ1n) is 4.52. The molecule has 0 saturated carbocycles. The third-order valence-corrected chi connectivity index (χ3v) is 2.06. The molecular weight excluding hydrogens is 180 g/mol. The van der Waals surface area contributed by atoms with Crippen molar-refractivity contribution >= 4 is 11.8 Å². The second-order valence-electron chi connectivity index (χ2n) is 3.81. The van der Waals surface area contributed by atoms with Crippen LogP contribution in [0.2, 0.25) is 0 Å². The van der Waals surface area contributed by atoms with Gasteiger partial charge < -0.3 is 15.0 Å². The minimum atomic E-state index is -0.514. The van der Waals surface area contributed by atoms with Crippen LogP contribution in [0.4, 0.5) is 5.82 Å². The Hall–Kier alpha value is -1.45. The number of aromatic amines is 1. The van der Waals surface area contributed by atoms with Gasteiger partial charge in [-0.25, -0.2) is 0 Å². The maximum absolute atomic E-state index is 11.3. The Morgan fingerprint density at radius 2 is 2.36 bits per heavy atom. The minimum absolute atomic E-state index is 0.212. The van der Waals surface area contributed by atoms with Crippen molar-refractivity contribution < 1.29 is 9.53 Å². The van der Waals surface area contributed by atoms with Gasteiger partial charge in [0.15, 0.2) is 0 Å². The Balaban J connectivity index is 2.48. The van der Waals surface area contributed by atoms with E-state index >= 15 is 0 Å². The maximum Gasteiger partial charge on any atom is 0.313 e. The minimum Gasteiger partial charge on any atom is -0.469 e. The van der Waals surface area contributed by atoms with Crippen molar-refractivity contribution in [2.24, 2.45) is 5.41 Å². The Morgan fingerprint density at radius 1 is 1.64 bits per heavy atom. The lowest BCUT2D eigenvalue weighted by atomic mass is 9.94. The molecule has 4 nitrogen and oxygen atoms in total. The topological polar surface area (TPSA) is 54.1 Å². The highest BCUT2D eigenvalue weighted by atomic mass is 16.5. The molecule has 0 atom stereocenters. The number of hydrogen-bond acceptors (Lipinski definition) is 3. The number of rotatable bonds is 4. The maximum atomic E-state index is 11.3. The lowest BCUT2D eigenvalue weighted by Crippen LogP contribution is -2.33. The van der Waals surface area contributed by atoms with E-state index in [1.807, 2.05) is 32.2 Å². The monoisotopic (exact) mass is 196 g/mol. The van der Waals surface area contributed by atoms with Gasteiger partial charge in [0.25, 0.3) is 0 Å². The predicted octanol–water partition coefficient (Wildman–Crippen LogP) is 1.63. The van der Waals surface area contributed by atoms with Crippen LogP contribution in [0.15, 0.2) is 18.3 Å². The lowest BCUT2D eigenvalue weighted by molar-refractivity contribution is -0.149. The highest BCUT2D eigenvalue weighted by molar-refractivity contribution is 5.76. The van der Waals surface area contributed by atoms with Gasteiger partial charge in [-0.3, -0.25) is 4.79 Å². The summed E-state index contributed by atoms with van der Waals surface area (Å²) in [5, 5.41) is 3.12. The zero-order chi connectivity index (χ0) is 10.6. The molecule has 1 heterocycles. The third-order valence-electron chi connectivity index (χ3n) is 2.06. The molecule has 0 aliphatic heterocycles. The van der Waals surface area contributed by atoms with Crippen LogP contribution in [0, 0.1) is 5.41 Å². The zero-order valence-corrected chi connectivity index (χ0v) is 8.76. The summed E-state index contributed by atoms with van der Waals surface area (Å²) in [6, 6.07) is 3.81. The van der Waals surface area contributed by atoms with Crippen molar-refractivity contribution in [3.8, 4) is 0 Å². The van der Waals surface area contributed by atoms with E-state index in [1.54, 1.807) is 0 Å². The quantitative estimate of drug-likeness (QED) is 0.719. The number of anilines is 1. The first-order valence-corrected chi connectivity index (χ1v) is 4.52. The number of aromatic nitrogens is 1. The van der Waals surface area contributed by atoms with Crippen LogP contribution >= 0.6 is 0 Å². The summed E-state index contributed by atoms with van der Waals surface area (Å²) in [4.78, 5) is 14.3. The van der Waals surface area contributed by atoms with Crippen LogP contribution in [-0.4, -0.2) is 24.6 Å². The smallest absolute Gasteiger partial charge is 0.313 e. The molecule has 0 radical (unpaired) electrons. The van der Waals surface area contributed by atoms with Crippen molar-refractivity contribution in [1.29, 1.82) is 0 Å². The number of carbonyl (C=O) groups excluding carboxylic acids is 1. The van der Waals surface area contributed by atoms with Crippen LogP contribution < -0.4 is 5.32 Å². The van der Waals surface area contributed by atoms with E-state index in [-0.39, 0.29) is 5.97 Å². The molecule has 2 N–H and O–H groups in total. The summed E-state index contributed by atoms with van der Waals surface area (Å²) >= 11 is 0. The predicted molar refractivity (Wildman–Crippen MR) is 55.1 cm³/mol. The van der Waals surface area contributed by atoms with Gasteiger partial charge in [0, 0.05) is 12.7 Å². The number of esters is 1. The molecule has 78 valence electrons. The fraction of sp³-hybridized carbons (Fsp3) is 0.500. The largest absolute Gasteiger partial charge is 0.469 e. The molecule has 1 rings (SSSR count). The fourth-order valence-corrected chi connectivity index (χ4v) is 1.10. The first kappa shape index (κ1) is 10.6. The molecular formula is C10H16N2O2. The summed E-state index contributed by atoms with van der Waals surface area (Å²) in [6.07, 6.45) is 1.83. The number of ether oxygens (including phenoxy) is 1. The van der Waals surface area contributed by atoms with Crippen molar-refractivity contribution in [3.05, 3.63) is 18.3 Å². The molecule has 0 fully saturated rings. The van der Waals surface area contributed by atoms with E-state index in [4.69, 9.17) is 4.74 Å². The number of hydrogen-bond donors (Lipinski definition) is 2. The average molecular weight is 196 g/mol. The van der Waals surface area contributed by atoms with E-state index in [0.29, 0.717) is 6.54 Å². The molecule has 4 heteroatoms. The van der Waals surface area contributed by atoms with Crippen molar-refractivity contribution in [2.75, 3.05) is 19.0 Å². The average Bonchev–Trinajstić information content (AvgIpc) is 2.66.